The molecule has 1 aliphatic rings. The van der Waals surface area contributed by atoms with E-state index in [2.05, 4.69) is 4.98 Å². The van der Waals surface area contributed by atoms with Crippen LogP contribution in [-0.2, 0) is 20.3 Å². The van der Waals surface area contributed by atoms with Crippen LogP contribution in [0.2, 0.25) is 0 Å². The molecule has 0 bridgehead atoms. The average molecular weight is 334 g/mol. The summed E-state index contributed by atoms with van der Waals surface area (Å²) in [5, 5.41) is -0.186. The average Bonchev–Trinajstić information content (AvgIpc) is 3.05. The summed E-state index contributed by atoms with van der Waals surface area (Å²) in [5.41, 5.74) is 0. The van der Waals surface area contributed by atoms with Gasteiger partial charge in [-0.2, -0.15) is 0 Å². The number of hydrogen-bond acceptors (Lipinski definition) is 4. The van der Waals surface area contributed by atoms with Crippen molar-refractivity contribution < 1.29 is 13.2 Å². The highest BCUT2D eigenvalue weighted by atomic mass is 35.7. The lowest BCUT2D eigenvalue weighted by atomic mass is 10.2. The van der Waals surface area contributed by atoms with Crippen molar-refractivity contribution in [3.05, 3.63) is 12.0 Å². The van der Waals surface area contributed by atoms with Crippen molar-refractivity contribution in [1.29, 1.82) is 0 Å². The molecule has 1 atom stereocenters. The predicted molar refractivity (Wildman–Crippen MR) is 79.8 cm³/mol. The molecule has 0 N–H and O–H groups in total. The van der Waals surface area contributed by atoms with Crippen molar-refractivity contribution >= 4 is 25.6 Å². The van der Waals surface area contributed by atoms with E-state index in [4.69, 9.17) is 10.7 Å². The third-order valence-electron chi connectivity index (χ3n) is 3.70. The summed E-state index contributed by atoms with van der Waals surface area (Å²) in [6.45, 7) is 5.27. The summed E-state index contributed by atoms with van der Waals surface area (Å²) in [6.07, 6.45) is 4.82. The maximum absolute atomic E-state index is 12.5. The highest BCUT2D eigenvalue weighted by Gasteiger charge is 2.27. The molecule has 2 heterocycles. The molecule has 0 spiro atoms. The number of hydrogen-bond donors (Lipinski definition) is 0. The third kappa shape index (κ3) is 3.58. The van der Waals surface area contributed by atoms with Crippen molar-refractivity contribution in [2.24, 2.45) is 0 Å². The smallest absolute Gasteiger partial charge is 0.280 e. The van der Waals surface area contributed by atoms with Crippen LogP contribution in [0.3, 0.4) is 0 Å². The van der Waals surface area contributed by atoms with Crippen molar-refractivity contribution in [1.82, 2.24) is 14.5 Å². The Balaban J connectivity index is 2.32. The van der Waals surface area contributed by atoms with Gasteiger partial charge < -0.3 is 9.47 Å². The molecule has 1 aromatic rings. The second-order valence-electron chi connectivity index (χ2n) is 5.30. The lowest BCUT2D eigenvalue weighted by Gasteiger charge is -2.22. The summed E-state index contributed by atoms with van der Waals surface area (Å²) in [6, 6.07) is -0.468. The normalized spacial score (nSPS) is 17.2. The van der Waals surface area contributed by atoms with Gasteiger partial charge in [-0.1, -0.05) is 6.92 Å². The molecular weight excluding hydrogens is 314 g/mol. The zero-order chi connectivity index (χ0) is 15.6. The number of imidazole rings is 1. The van der Waals surface area contributed by atoms with E-state index in [0.29, 0.717) is 12.2 Å². The van der Waals surface area contributed by atoms with Crippen LogP contribution >= 0.6 is 10.7 Å². The molecule has 6 nitrogen and oxygen atoms in total. The fourth-order valence-electron chi connectivity index (χ4n) is 2.59. The van der Waals surface area contributed by atoms with Gasteiger partial charge in [0.1, 0.15) is 11.9 Å². The van der Waals surface area contributed by atoms with Crippen molar-refractivity contribution in [2.45, 2.75) is 50.6 Å². The number of likely N-dealkylation sites (tertiary alicyclic amines) is 1. The van der Waals surface area contributed by atoms with Crippen LogP contribution in [0, 0.1) is 0 Å². The van der Waals surface area contributed by atoms with E-state index in [0.717, 1.165) is 32.4 Å². The van der Waals surface area contributed by atoms with Crippen molar-refractivity contribution in [3.63, 3.8) is 0 Å². The van der Waals surface area contributed by atoms with Gasteiger partial charge in [0, 0.05) is 36.4 Å². The first-order valence-corrected chi connectivity index (χ1v) is 9.46. The number of aryl methyl sites for hydroxylation is 1. The van der Waals surface area contributed by atoms with E-state index < -0.39 is 15.1 Å². The number of aromatic nitrogens is 2. The third-order valence-corrected chi connectivity index (χ3v) is 4.87. The van der Waals surface area contributed by atoms with Gasteiger partial charge in [-0.15, -0.1) is 0 Å². The van der Waals surface area contributed by atoms with Gasteiger partial charge in [-0.05, 0) is 26.2 Å². The van der Waals surface area contributed by atoms with Gasteiger partial charge in [0.2, 0.25) is 5.91 Å². The molecule has 0 radical (unpaired) electrons. The molecule has 1 unspecified atom stereocenters. The highest BCUT2D eigenvalue weighted by molar-refractivity contribution is 8.13. The van der Waals surface area contributed by atoms with Crippen LogP contribution in [0.1, 0.15) is 45.0 Å². The van der Waals surface area contributed by atoms with Crippen LogP contribution in [0.15, 0.2) is 11.2 Å². The van der Waals surface area contributed by atoms with E-state index in [1.165, 1.54) is 6.20 Å². The molecule has 1 aliphatic heterocycles. The first kappa shape index (κ1) is 16.3. The summed E-state index contributed by atoms with van der Waals surface area (Å²) in [5.74, 6) is 0.581. The fraction of sp³-hybridized carbons (Fsp3) is 0.692. The van der Waals surface area contributed by atoms with E-state index in [1.807, 2.05) is 11.8 Å². The van der Waals surface area contributed by atoms with Gasteiger partial charge >= 0.3 is 0 Å². The largest absolute Gasteiger partial charge is 0.341 e. The summed E-state index contributed by atoms with van der Waals surface area (Å²) >= 11 is 0. The maximum atomic E-state index is 12.5. The quantitative estimate of drug-likeness (QED) is 0.772. The Kier molecular flexibility index (Phi) is 4.93. The van der Waals surface area contributed by atoms with Crippen LogP contribution in [0.25, 0.3) is 0 Å². The predicted octanol–water partition coefficient (Wildman–Crippen LogP) is 1.95. The van der Waals surface area contributed by atoms with Gasteiger partial charge in [0.05, 0.1) is 0 Å². The second-order valence-corrected chi connectivity index (χ2v) is 7.81. The Morgan fingerprint density at radius 1 is 1.43 bits per heavy atom. The molecular formula is C13H20ClN3O3S. The number of carbonyl (C=O) groups excluding carboxylic acids is 1. The van der Waals surface area contributed by atoms with Crippen molar-refractivity contribution in [2.75, 3.05) is 13.1 Å². The minimum absolute atomic E-state index is 0.000716. The SMILES string of the molecule is CCCc1nc(S(=O)(=O)Cl)cn1C(C)C(=O)N1CCCC1. The van der Waals surface area contributed by atoms with E-state index in [9.17, 15) is 13.2 Å². The Morgan fingerprint density at radius 3 is 2.57 bits per heavy atom. The Bertz CT molecular complexity index is 621. The first-order valence-electron chi connectivity index (χ1n) is 7.15. The van der Waals surface area contributed by atoms with Gasteiger partial charge in [-0.3, -0.25) is 4.79 Å². The zero-order valence-electron chi connectivity index (χ0n) is 12.2. The number of nitrogens with zero attached hydrogens (tertiary/aromatic N) is 3. The van der Waals surface area contributed by atoms with E-state index in [-0.39, 0.29) is 10.9 Å². The van der Waals surface area contributed by atoms with E-state index in [1.54, 1.807) is 11.5 Å². The highest BCUT2D eigenvalue weighted by Crippen LogP contribution is 2.22. The molecule has 118 valence electrons. The monoisotopic (exact) mass is 333 g/mol. The Hall–Kier alpha value is -1.08. The standard InChI is InChI=1S/C13H20ClN3O3S/c1-3-6-11-15-12(21(14,19)20)9-17(11)10(2)13(18)16-7-4-5-8-16/h9-10H,3-8H2,1-2H3. The van der Waals surface area contributed by atoms with Gasteiger partial charge in [0.15, 0.2) is 5.03 Å². The molecule has 1 amide bonds. The number of amides is 1. The topological polar surface area (TPSA) is 72.3 Å². The minimum Gasteiger partial charge on any atom is -0.341 e. The van der Waals surface area contributed by atoms with E-state index >= 15 is 0 Å². The number of carbonyl (C=O) groups is 1. The van der Waals surface area contributed by atoms with Crippen LogP contribution in [0.5, 0.6) is 0 Å². The van der Waals surface area contributed by atoms with Crippen LogP contribution in [-0.4, -0.2) is 41.9 Å². The molecule has 8 heteroatoms. The van der Waals surface area contributed by atoms with Gasteiger partial charge in [0.25, 0.3) is 9.05 Å². The molecule has 0 saturated carbocycles. The zero-order valence-corrected chi connectivity index (χ0v) is 13.8. The molecule has 0 aromatic carbocycles. The molecule has 0 aliphatic carbocycles. The molecule has 1 aromatic heterocycles. The number of halogens is 1. The summed E-state index contributed by atoms with van der Waals surface area (Å²) in [4.78, 5) is 18.3. The second kappa shape index (κ2) is 6.36. The Labute approximate surface area is 129 Å². The fourth-order valence-corrected chi connectivity index (χ4v) is 3.27. The van der Waals surface area contributed by atoms with Gasteiger partial charge in [-0.25, -0.2) is 13.4 Å². The van der Waals surface area contributed by atoms with Crippen molar-refractivity contribution in [3.8, 4) is 0 Å². The number of rotatable bonds is 5. The van der Waals surface area contributed by atoms with Crippen LogP contribution < -0.4 is 0 Å². The lowest BCUT2D eigenvalue weighted by Crippen LogP contribution is -2.34. The Morgan fingerprint density at radius 2 is 2.05 bits per heavy atom. The first-order chi connectivity index (χ1) is 9.84. The summed E-state index contributed by atoms with van der Waals surface area (Å²) in [7, 11) is 1.47. The lowest BCUT2D eigenvalue weighted by molar-refractivity contribution is -0.133. The molecule has 1 fully saturated rings. The summed E-state index contributed by atoms with van der Waals surface area (Å²) < 4.78 is 24.5. The molecule has 21 heavy (non-hydrogen) atoms. The van der Waals surface area contributed by atoms with Crippen LogP contribution in [0.4, 0.5) is 0 Å². The molecule has 2 rings (SSSR count). The maximum Gasteiger partial charge on any atom is 0.280 e. The minimum atomic E-state index is -3.89. The molecule has 1 saturated heterocycles.